The van der Waals surface area contributed by atoms with E-state index >= 15 is 0 Å². The highest BCUT2D eigenvalue weighted by Crippen LogP contribution is 2.15. The molecule has 0 bridgehead atoms. The Morgan fingerprint density at radius 3 is 2.38 bits per heavy atom. The van der Waals surface area contributed by atoms with Gasteiger partial charge in [0.15, 0.2) is 7.28 Å². The first-order chi connectivity index (χ1) is 7.80. The quantitative estimate of drug-likeness (QED) is 0.656. The molecule has 3 heteroatoms. The predicted molar refractivity (Wildman–Crippen MR) is 69.7 cm³/mol. The lowest BCUT2D eigenvalue weighted by molar-refractivity contribution is 0.178. The van der Waals surface area contributed by atoms with E-state index in [9.17, 15) is 0 Å². The van der Waals surface area contributed by atoms with Crippen LogP contribution in [0.5, 0.6) is 5.75 Å². The van der Waals surface area contributed by atoms with Crippen LogP contribution in [0.1, 0.15) is 39.5 Å². The molecule has 16 heavy (non-hydrogen) atoms. The van der Waals surface area contributed by atoms with Gasteiger partial charge in [-0.15, -0.1) is 0 Å². The highest BCUT2D eigenvalue weighted by atomic mass is 16.5. The van der Waals surface area contributed by atoms with Gasteiger partial charge in [-0.25, -0.2) is 0 Å². The predicted octanol–water partition coefficient (Wildman–Crippen LogP) is 2.81. The summed E-state index contributed by atoms with van der Waals surface area (Å²) >= 11 is 0. The first-order valence-corrected chi connectivity index (χ1v) is 6.22. The molecular weight excluding hydrogens is 197 g/mol. The van der Waals surface area contributed by atoms with E-state index in [2.05, 4.69) is 18.8 Å². The third-order valence-electron chi connectivity index (χ3n) is 2.58. The average molecular weight is 218 g/mol. The summed E-state index contributed by atoms with van der Waals surface area (Å²) in [7, 11) is 1.99. The number of rotatable bonds is 7. The standard InChI is InChI=1S/C13H21BNO/c1-4-6-11(7-5-2)16-12-8-9-13(14-3)15-10-12/h8-11H,4-7H2,1-3H3. The van der Waals surface area contributed by atoms with Crippen molar-refractivity contribution in [3.05, 3.63) is 18.3 Å². The molecule has 0 N–H and O–H groups in total. The van der Waals surface area contributed by atoms with E-state index in [-0.39, 0.29) is 0 Å². The Morgan fingerprint density at radius 1 is 1.25 bits per heavy atom. The highest BCUT2D eigenvalue weighted by Gasteiger charge is 2.08. The minimum atomic E-state index is 0.341. The lowest BCUT2D eigenvalue weighted by Gasteiger charge is -2.17. The number of aromatic nitrogens is 1. The molecule has 0 aromatic carbocycles. The molecular formula is C13H21BNO. The lowest BCUT2D eigenvalue weighted by atomic mass is 9.78. The van der Waals surface area contributed by atoms with E-state index in [1.165, 1.54) is 12.8 Å². The maximum atomic E-state index is 5.92. The van der Waals surface area contributed by atoms with Gasteiger partial charge in [0.05, 0.1) is 12.3 Å². The van der Waals surface area contributed by atoms with Crippen molar-refractivity contribution < 1.29 is 4.74 Å². The van der Waals surface area contributed by atoms with Crippen molar-refractivity contribution in [2.24, 2.45) is 0 Å². The van der Waals surface area contributed by atoms with Gasteiger partial charge < -0.3 is 4.74 Å². The third kappa shape index (κ3) is 4.25. The summed E-state index contributed by atoms with van der Waals surface area (Å²) in [5.74, 6) is 0.887. The molecule has 0 amide bonds. The highest BCUT2D eigenvalue weighted by molar-refractivity contribution is 6.50. The minimum Gasteiger partial charge on any atom is -0.489 e. The number of hydrogen-bond acceptors (Lipinski definition) is 2. The van der Waals surface area contributed by atoms with Crippen LogP contribution in [0.2, 0.25) is 6.82 Å². The molecule has 1 aromatic heterocycles. The van der Waals surface area contributed by atoms with Gasteiger partial charge in [0, 0.05) is 0 Å². The molecule has 0 spiro atoms. The largest absolute Gasteiger partial charge is 0.489 e. The Bertz CT molecular complexity index is 280. The molecule has 1 radical (unpaired) electrons. The zero-order valence-electron chi connectivity index (χ0n) is 10.6. The van der Waals surface area contributed by atoms with E-state index in [0.29, 0.717) is 6.10 Å². The molecule has 87 valence electrons. The number of pyridine rings is 1. The van der Waals surface area contributed by atoms with Crippen molar-refractivity contribution in [1.82, 2.24) is 4.98 Å². The Labute approximate surface area is 99.7 Å². The van der Waals surface area contributed by atoms with Crippen molar-refractivity contribution in [1.29, 1.82) is 0 Å². The summed E-state index contributed by atoms with van der Waals surface area (Å²) in [4.78, 5) is 4.29. The van der Waals surface area contributed by atoms with Gasteiger partial charge in [-0.3, -0.25) is 4.98 Å². The van der Waals surface area contributed by atoms with Gasteiger partial charge in [-0.1, -0.05) is 33.5 Å². The maximum Gasteiger partial charge on any atom is 0.174 e. The molecule has 2 nitrogen and oxygen atoms in total. The molecule has 0 atom stereocenters. The van der Waals surface area contributed by atoms with Crippen LogP contribution in [0.25, 0.3) is 0 Å². The molecule has 0 saturated heterocycles. The van der Waals surface area contributed by atoms with Crippen molar-refractivity contribution in [2.75, 3.05) is 0 Å². The Morgan fingerprint density at radius 2 is 1.94 bits per heavy atom. The zero-order chi connectivity index (χ0) is 11.8. The summed E-state index contributed by atoms with van der Waals surface area (Å²) < 4.78 is 5.92. The number of ether oxygens (including phenoxy) is 1. The second-order valence-corrected chi connectivity index (χ2v) is 4.02. The summed E-state index contributed by atoms with van der Waals surface area (Å²) in [5.41, 5.74) is 0.995. The Hall–Kier alpha value is -0.985. The van der Waals surface area contributed by atoms with Gasteiger partial charge in [0.2, 0.25) is 0 Å². The molecule has 0 fully saturated rings. The van der Waals surface area contributed by atoms with Crippen LogP contribution in [0.4, 0.5) is 0 Å². The van der Waals surface area contributed by atoms with Gasteiger partial charge in [0.25, 0.3) is 0 Å². The fraction of sp³-hybridized carbons (Fsp3) is 0.615. The van der Waals surface area contributed by atoms with E-state index in [1.807, 2.05) is 32.4 Å². The summed E-state index contributed by atoms with van der Waals surface area (Å²) in [6.07, 6.45) is 6.73. The van der Waals surface area contributed by atoms with Gasteiger partial charge in [-0.2, -0.15) is 0 Å². The van der Waals surface area contributed by atoms with E-state index in [1.54, 1.807) is 0 Å². The van der Waals surface area contributed by atoms with Crippen LogP contribution < -0.4 is 10.3 Å². The SMILES string of the molecule is C[B]c1ccc(OC(CCC)CCC)cn1. The first-order valence-electron chi connectivity index (χ1n) is 6.22. The second-order valence-electron chi connectivity index (χ2n) is 4.02. The second kappa shape index (κ2) is 7.31. The smallest absolute Gasteiger partial charge is 0.174 e. The van der Waals surface area contributed by atoms with Gasteiger partial charge in [-0.05, 0) is 30.6 Å². The summed E-state index contributed by atoms with van der Waals surface area (Å²) in [5, 5.41) is 0. The van der Waals surface area contributed by atoms with Crippen LogP contribution in [0.3, 0.4) is 0 Å². The number of hydrogen-bond donors (Lipinski definition) is 0. The fourth-order valence-corrected chi connectivity index (χ4v) is 1.73. The van der Waals surface area contributed by atoms with E-state index < -0.39 is 0 Å². The van der Waals surface area contributed by atoms with Crippen LogP contribution >= 0.6 is 0 Å². The molecule has 0 aliphatic heterocycles. The van der Waals surface area contributed by atoms with Crippen LogP contribution in [-0.4, -0.2) is 18.4 Å². The first kappa shape index (κ1) is 13.1. The monoisotopic (exact) mass is 218 g/mol. The molecule has 0 aliphatic rings. The van der Waals surface area contributed by atoms with E-state index in [0.717, 1.165) is 24.2 Å². The normalized spacial score (nSPS) is 10.5. The maximum absolute atomic E-state index is 5.92. The summed E-state index contributed by atoms with van der Waals surface area (Å²) in [6, 6.07) is 3.99. The van der Waals surface area contributed by atoms with Crippen molar-refractivity contribution in [2.45, 2.75) is 52.5 Å². The summed E-state index contributed by atoms with van der Waals surface area (Å²) in [6.45, 7) is 6.37. The van der Waals surface area contributed by atoms with Gasteiger partial charge >= 0.3 is 0 Å². The molecule has 0 saturated carbocycles. The third-order valence-corrected chi connectivity index (χ3v) is 2.58. The minimum absolute atomic E-state index is 0.341. The molecule has 1 rings (SSSR count). The molecule has 1 aromatic rings. The van der Waals surface area contributed by atoms with Gasteiger partial charge in [0.1, 0.15) is 5.75 Å². The Kier molecular flexibility index (Phi) is 5.98. The molecule has 1 heterocycles. The molecule has 0 unspecified atom stereocenters. The van der Waals surface area contributed by atoms with Crippen molar-refractivity contribution >= 4 is 12.9 Å². The zero-order valence-corrected chi connectivity index (χ0v) is 10.6. The van der Waals surface area contributed by atoms with Crippen molar-refractivity contribution in [3.63, 3.8) is 0 Å². The van der Waals surface area contributed by atoms with E-state index in [4.69, 9.17) is 4.74 Å². The average Bonchev–Trinajstić information content (AvgIpc) is 2.31. The molecule has 0 aliphatic carbocycles. The lowest BCUT2D eigenvalue weighted by Crippen LogP contribution is -2.18. The number of nitrogens with zero attached hydrogens (tertiary/aromatic N) is 1. The van der Waals surface area contributed by atoms with Crippen LogP contribution in [0, 0.1) is 0 Å². The van der Waals surface area contributed by atoms with Crippen LogP contribution in [0.15, 0.2) is 18.3 Å². The topological polar surface area (TPSA) is 22.1 Å². The Balaban J connectivity index is 2.54. The van der Waals surface area contributed by atoms with Crippen LogP contribution in [-0.2, 0) is 0 Å². The fourth-order valence-electron chi connectivity index (χ4n) is 1.73. The van der Waals surface area contributed by atoms with Crippen molar-refractivity contribution in [3.8, 4) is 5.75 Å².